The van der Waals surface area contributed by atoms with Crippen LogP contribution in [-0.4, -0.2) is 17.1 Å². The monoisotopic (exact) mass is 292 g/mol. The number of anilines is 3. The van der Waals surface area contributed by atoms with Crippen molar-refractivity contribution in [3.63, 3.8) is 0 Å². The molecule has 2 aromatic carbocycles. The Morgan fingerprint density at radius 2 is 1.68 bits per heavy atom. The zero-order chi connectivity index (χ0) is 15.4. The maximum Gasteiger partial charge on any atom is 0.134 e. The lowest BCUT2D eigenvalue weighted by molar-refractivity contribution is 0.415. The quantitative estimate of drug-likeness (QED) is 0.720. The molecule has 0 atom stereocenters. The molecule has 110 valence electrons. The summed E-state index contributed by atoms with van der Waals surface area (Å²) in [7, 11) is 1.65. The maximum atomic E-state index is 5.68. The lowest BCUT2D eigenvalue weighted by atomic mass is 10.1. The first-order valence-electron chi connectivity index (χ1n) is 6.83. The van der Waals surface area contributed by atoms with Crippen molar-refractivity contribution >= 4 is 17.2 Å². The van der Waals surface area contributed by atoms with Crippen molar-refractivity contribution in [1.29, 1.82) is 0 Å². The van der Waals surface area contributed by atoms with Crippen LogP contribution in [0.1, 0.15) is 0 Å². The average Bonchev–Trinajstić information content (AvgIpc) is 2.57. The van der Waals surface area contributed by atoms with E-state index in [9.17, 15) is 0 Å². The first kappa shape index (κ1) is 13.9. The number of hydrogen-bond acceptors (Lipinski definition) is 5. The van der Waals surface area contributed by atoms with E-state index in [1.54, 1.807) is 13.4 Å². The van der Waals surface area contributed by atoms with Crippen molar-refractivity contribution in [3.05, 3.63) is 60.9 Å². The van der Waals surface area contributed by atoms with Crippen LogP contribution in [0.3, 0.4) is 0 Å². The third-order valence-corrected chi connectivity index (χ3v) is 3.24. The number of hydrogen-bond donors (Lipinski definition) is 2. The number of methoxy groups -OCH3 is 1. The van der Waals surface area contributed by atoms with Gasteiger partial charge in [0.15, 0.2) is 0 Å². The summed E-state index contributed by atoms with van der Waals surface area (Å²) in [4.78, 5) is 8.55. The maximum absolute atomic E-state index is 5.68. The van der Waals surface area contributed by atoms with Crippen LogP contribution in [0.25, 0.3) is 11.3 Å². The smallest absolute Gasteiger partial charge is 0.134 e. The molecular weight excluding hydrogens is 276 g/mol. The number of nitrogens with zero attached hydrogens (tertiary/aromatic N) is 2. The minimum absolute atomic E-state index is 0.727. The molecule has 0 aliphatic heterocycles. The second-order valence-corrected chi connectivity index (χ2v) is 4.76. The molecular formula is C17H16N4O. The molecule has 0 amide bonds. The van der Waals surface area contributed by atoms with Gasteiger partial charge >= 0.3 is 0 Å². The van der Waals surface area contributed by atoms with Gasteiger partial charge in [0.05, 0.1) is 12.8 Å². The predicted octanol–water partition coefficient (Wildman–Crippen LogP) is 3.48. The molecule has 0 bridgehead atoms. The molecule has 0 saturated carbocycles. The second kappa shape index (κ2) is 6.13. The molecule has 3 N–H and O–H groups in total. The van der Waals surface area contributed by atoms with E-state index in [4.69, 9.17) is 10.5 Å². The topological polar surface area (TPSA) is 73.1 Å². The van der Waals surface area contributed by atoms with Crippen LogP contribution in [0.4, 0.5) is 17.2 Å². The van der Waals surface area contributed by atoms with Crippen LogP contribution in [0.5, 0.6) is 5.75 Å². The molecule has 0 fully saturated rings. The Kier molecular flexibility index (Phi) is 3.87. The SMILES string of the molecule is COc1ccc(-c2cc(Nc3ccc(N)cc3)ncn2)cc1. The van der Waals surface area contributed by atoms with E-state index < -0.39 is 0 Å². The predicted molar refractivity (Wildman–Crippen MR) is 88.2 cm³/mol. The highest BCUT2D eigenvalue weighted by Crippen LogP contribution is 2.23. The molecule has 0 saturated heterocycles. The molecule has 0 aliphatic carbocycles. The third kappa shape index (κ3) is 3.15. The van der Waals surface area contributed by atoms with Gasteiger partial charge in [-0.15, -0.1) is 0 Å². The van der Waals surface area contributed by atoms with Crippen molar-refractivity contribution in [3.8, 4) is 17.0 Å². The summed E-state index contributed by atoms with van der Waals surface area (Å²) in [6, 6.07) is 17.1. The number of nitrogens with two attached hydrogens (primary N) is 1. The molecule has 5 heteroatoms. The summed E-state index contributed by atoms with van der Waals surface area (Å²) < 4.78 is 5.16. The molecule has 22 heavy (non-hydrogen) atoms. The molecule has 1 heterocycles. The average molecular weight is 292 g/mol. The first-order chi connectivity index (χ1) is 10.7. The van der Waals surface area contributed by atoms with E-state index in [-0.39, 0.29) is 0 Å². The van der Waals surface area contributed by atoms with Crippen LogP contribution in [0.2, 0.25) is 0 Å². The van der Waals surface area contributed by atoms with Crippen LogP contribution in [-0.2, 0) is 0 Å². The molecule has 0 unspecified atom stereocenters. The lowest BCUT2D eigenvalue weighted by Gasteiger charge is -2.08. The molecule has 0 radical (unpaired) electrons. The van der Waals surface area contributed by atoms with Gasteiger partial charge in [0.2, 0.25) is 0 Å². The molecule has 0 aliphatic rings. The fourth-order valence-electron chi connectivity index (χ4n) is 2.06. The lowest BCUT2D eigenvalue weighted by Crippen LogP contribution is -1.96. The van der Waals surface area contributed by atoms with E-state index in [0.717, 1.165) is 34.2 Å². The minimum atomic E-state index is 0.727. The summed E-state index contributed by atoms with van der Waals surface area (Å²) in [5.41, 5.74) is 9.18. The summed E-state index contributed by atoms with van der Waals surface area (Å²) in [6.07, 6.45) is 1.54. The molecule has 3 aromatic rings. The molecule has 3 rings (SSSR count). The zero-order valence-corrected chi connectivity index (χ0v) is 12.2. The van der Waals surface area contributed by atoms with E-state index in [2.05, 4.69) is 15.3 Å². The van der Waals surface area contributed by atoms with Crippen molar-refractivity contribution in [1.82, 2.24) is 9.97 Å². The highest BCUT2D eigenvalue weighted by molar-refractivity contribution is 5.66. The zero-order valence-electron chi connectivity index (χ0n) is 12.2. The fraction of sp³-hybridized carbons (Fsp3) is 0.0588. The number of nitrogen functional groups attached to an aromatic ring is 1. The molecule has 1 aromatic heterocycles. The normalized spacial score (nSPS) is 10.2. The van der Waals surface area contributed by atoms with Gasteiger partial charge in [0.1, 0.15) is 17.9 Å². The van der Waals surface area contributed by atoms with Gasteiger partial charge in [-0.2, -0.15) is 0 Å². The van der Waals surface area contributed by atoms with Crippen molar-refractivity contribution in [2.45, 2.75) is 0 Å². The van der Waals surface area contributed by atoms with Crippen LogP contribution >= 0.6 is 0 Å². The van der Waals surface area contributed by atoms with Gasteiger partial charge in [0, 0.05) is 23.0 Å². The van der Waals surface area contributed by atoms with Gasteiger partial charge in [0.25, 0.3) is 0 Å². The van der Waals surface area contributed by atoms with E-state index in [1.165, 1.54) is 0 Å². The van der Waals surface area contributed by atoms with Gasteiger partial charge < -0.3 is 15.8 Å². The van der Waals surface area contributed by atoms with E-state index >= 15 is 0 Å². The summed E-state index contributed by atoms with van der Waals surface area (Å²) >= 11 is 0. The number of ether oxygens (including phenoxy) is 1. The number of benzene rings is 2. The van der Waals surface area contributed by atoms with E-state index in [0.29, 0.717) is 0 Å². The second-order valence-electron chi connectivity index (χ2n) is 4.76. The Morgan fingerprint density at radius 3 is 2.36 bits per heavy atom. The number of nitrogens with one attached hydrogen (secondary N) is 1. The van der Waals surface area contributed by atoms with Gasteiger partial charge in [-0.3, -0.25) is 0 Å². The van der Waals surface area contributed by atoms with Crippen molar-refractivity contribution in [2.75, 3.05) is 18.2 Å². The standard InChI is InChI=1S/C17H16N4O/c1-22-15-8-2-12(3-9-15)16-10-17(20-11-19-16)21-14-6-4-13(18)5-7-14/h2-11H,18H2,1H3,(H,19,20,21). The van der Waals surface area contributed by atoms with E-state index in [1.807, 2.05) is 54.6 Å². The highest BCUT2D eigenvalue weighted by Gasteiger charge is 2.03. The Bertz CT molecular complexity index is 754. The highest BCUT2D eigenvalue weighted by atomic mass is 16.5. The van der Waals surface area contributed by atoms with Crippen LogP contribution in [0.15, 0.2) is 60.9 Å². The van der Waals surface area contributed by atoms with Crippen LogP contribution in [0, 0.1) is 0 Å². The Hall–Kier alpha value is -3.08. The minimum Gasteiger partial charge on any atom is -0.497 e. The summed E-state index contributed by atoms with van der Waals surface area (Å²) in [6.45, 7) is 0. The number of aromatic nitrogens is 2. The van der Waals surface area contributed by atoms with Gasteiger partial charge in [-0.1, -0.05) is 0 Å². The Morgan fingerprint density at radius 1 is 0.955 bits per heavy atom. The largest absolute Gasteiger partial charge is 0.497 e. The van der Waals surface area contributed by atoms with Gasteiger partial charge in [-0.05, 0) is 48.5 Å². The third-order valence-electron chi connectivity index (χ3n) is 3.24. The first-order valence-corrected chi connectivity index (χ1v) is 6.83. The van der Waals surface area contributed by atoms with Crippen molar-refractivity contribution < 1.29 is 4.74 Å². The van der Waals surface area contributed by atoms with Gasteiger partial charge in [-0.25, -0.2) is 9.97 Å². The fourth-order valence-corrected chi connectivity index (χ4v) is 2.06. The molecule has 0 spiro atoms. The number of rotatable bonds is 4. The van der Waals surface area contributed by atoms with Crippen LogP contribution < -0.4 is 15.8 Å². The van der Waals surface area contributed by atoms with Crippen molar-refractivity contribution in [2.24, 2.45) is 0 Å². The molecule has 5 nitrogen and oxygen atoms in total. The summed E-state index contributed by atoms with van der Waals surface area (Å²) in [5.74, 6) is 1.55. The summed E-state index contributed by atoms with van der Waals surface area (Å²) in [5, 5.41) is 3.23. The Labute approximate surface area is 128 Å². The Balaban J connectivity index is 1.83.